The van der Waals surface area contributed by atoms with E-state index in [0.717, 1.165) is 64.2 Å². The minimum Gasteiger partial charge on any atom is -0.550 e. The van der Waals surface area contributed by atoms with E-state index >= 15 is 0 Å². The number of carbonyl (C=O) groups excluding carboxylic acids is 4. The first kappa shape index (κ1) is 53.3. The van der Waals surface area contributed by atoms with Crippen molar-refractivity contribution in [3.8, 4) is 0 Å². The molecular weight excluding hydrogens is 624 g/mol. The third kappa shape index (κ3) is 33.7. The van der Waals surface area contributed by atoms with Crippen LogP contribution in [0.1, 0.15) is 168 Å². The Labute approximate surface area is 328 Å². The van der Waals surface area contributed by atoms with E-state index in [9.17, 15) is 34.2 Å². The van der Waals surface area contributed by atoms with Crippen LogP contribution in [-0.4, -0.2) is 58.4 Å². The van der Waals surface area contributed by atoms with Gasteiger partial charge in [-0.2, -0.15) is 0 Å². The van der Waals surface area contributed by atoms with Gasteiger partial charge in [0.15, 0.2) is 0 Å². The number of carboxylic acids is 3. The molecule has 0 aliphatic rings. The minimum atomic E-state index is -1.82. The normalized spacial score (nSPS) is 11.6. The third-order valence-corrected chi connectivity index (χ3v) is 7.76. The summed E-state index contributed by atoms with van der Waals surface area (Å²) in [6, 6.07) is -2.54. The Bertz CT molecular complexity index is 771. The van der Waals surface area contributed by atoms with Gasteiger partial charge in [-0.3, -0.25) is 19.3 Å². The van der Waals surface area contributed by atoms with E-state index < -0.39 is 48.2 Å². The molecule has 0 rings (SSSR count). The van der Waals surface area contributed by atoms with Gasteiger partial charge in [0.1, 0.15) is 6.04 Å². The molecule has 2 amide bonds. The molecule has 13 heteroatoms. The number of rotatable bonds is 29. The van der Waals surface area contributed by atoms with E-state index in [1.54, 1.807) is 0 Å². The van der Waals surface area contributed by atoms with Gasteiger partial charge in [0.25, 0.3) is 0 Å². The molecule has 0 unspecified atom stereocenters. The fourth-order valence-electron chi connectivity index (χ4n) is 4.97. The first-order valence-corrected chi connectivity index (χ1v) is 17.5. The Balaban J connectivity index is -0.000000661. The van der Waals surface area contributed by atoms with Gasteiger partial charge in [-0.1, -0.05) is 123 Å². The third-order valence-electron chi connectivity index (χ3n) is 7.76. The van der Waals surface area contributed by atoms with Crippen molar-refractivity contribution in [3.63, 3.8) is 0 Å². The van der Waals surface area contributed by atoms with Crippen LogP contribution in [0.15, 0.2) is 0 Å². The van der Waals surface area contributed by atoms with Crippen molar-refractivity contribution >= 4 is 29.7 Å². The molecular formula is C34H63N3Na2O8. The second-order valence-corrected chi connectivity index (χ2v) is 12.0. The summed E-state index contributed by atoms with van der Waals surface area (Å²) in [6.07, 6.45) is 20.3. The predicted octanol–water partition coefficient (Wildman–Crippen LogP) is -2.02. The van der Waals surface area contributed by atoms with Crippen LogP contribution in [-0.2, 0) is 24.0 Å². The molecule has 2 atom stereocenters. The van der Waals surface area contributed by atoms with Crippen molar-refractivity contribution < 1.29 is 98.4 Å². The Morgan fingerprint density at radius 2 is 0.979 bits per heavy atom. The molecule has 0 aromatic rings. The molecule has 11 nitrogen and oxygen atoms in total. The second-order valence-electron chi connectivity index (χ2n) is 12.0. The molecule has 0 bridgehead atoms. The van der Waals surface area contributed by atoms with Crippen molar-refractivity contribution in [2.24, 2.45) is 11.5 Å². The van der Waals surface area contributed by atoms with Crippen molar-refractivity contribution in [2.45, 2.75) is 180 Å². The molecule has 0 aromatic carbocycles. The molecule has 264 valence electrons. The van der Waals surface area contributed by atoms with Crippen molar-refractivity contribution in [1.29, 1.82) is 0 Å². The number of nitrogens with two attached hydrogens (primary N) is 2. The van der Waals surface area contributed by atoms with Gasteiger partial charge < -0.3 is 36.4 Å². The van der Waals surface area contributed by atoms with Crippen molar-refractivity contribution in [3.05, 3.63) is 0 Å². The molecule has 0 fully saturated rings. The first-order chi connectivity index (χ1) is 21.5. The molecule has 47 heavy (non-hydrogen) atoms. The Morgan fingerprint density at radius 3 is 1.28 bits per heavy atom. The number of carbonyl (C=O) groups is 5. The summed E-state index contributed by atoms with van der Waals surface area (Å²) in [5, 5.41) is 31.0. The van der Waals surface area contributed by atoms with E-state index in [2.05, 4.69) is 13.8 Å². The molecule has 0 aromatic heterocycles. The Kier molecular flexibility index (Phi) is 43.4. The molecule has 0 heterocycles. The van der Waals surface area contributed by atoms with E-state index in [-0.39, 0.29) is 72.0 Å². The van der Waals surface area contributed by atoms with Crippen LogP contribution in [0.5, 0.6) is 0 Å². The first-order valence-electron chi connectivity index (χ1n) is 17.5. The quantitative estimate of drug-likeness (QED) is 0.0581. The Morgan fingerprint density at radius 1 is 0.617 bits per heavy atom. The van der Waals surface area contributed by atoms with E-state index in [1.165, 1.54) is 51.4 Å². The predicted molar refractivity (Wildman–Crippen MR) is 172 cm³/mol. The minimum absolute atomic E-state index is 0. The van der Waals surface area contributed by atoms with E-state index in [0.29, 0.717) is 30.7 Å². The number of hydrogen-bond donors (Lipinski definition) is 3. The van der Waals surface area contributed by atoms with Crippen LogP contribution in [0, 0.1) is 0 Å². The Hall–Kier alpha value is -0.530. The molecule has 0 saturated carbocycles. The average molecular weight is 688 g/mol. The zero-order valence-corrected chi connectivity index (χ0v) is 34.2. The summed E-state index contributed by atoms with van der Waals surface area (Å²) in [7, 11) is 0. The maximum atomic E-state index is 12.8. The van der Waals surface area contributed by atoms with E-state index in [4.69, 9.17) is 16.6 Å². The maximum absolute atomic E-state index is 12.8. The van der Waals surface area contributed by atoms with Crippen molar-refractivity contribution in [1.82, 2.24) is 4.90 Å². The fraction of sp³-hybridized carbons (Fsp3) is 0.853. The number of imide groups is 1. The number of nitrogens with zero attached hydrogens (tertiary/aromatic N) is 1. The monoisotopic (exact) mass is 687 g/mol. The van der Waals surface area contributed by atoms with Crippen LogP contribution >= 0.6 is 0 Å². The largest absolute Gasteiger partial charge is 1.00 e. The average Bonchev–Trinajstić information content (AvgIpc) is 2.99. The van der Waals surface area contributed by atoms with Crippen LogP contribution in [0.25, 0.3) is 0 Å². The van der Waals surface area contributed by atoms with Crippen LogP contribution in [0.4, 0.5) is 0 Å². The maximum Gasteiger partial charge on any atom is 1.00 e. The van der Waals surface area contributed by atoms with Gasteiger partial charge in [0.05, 0.1) is 12.0 Å². The topological polar surface area (TPSA) is 207 Å². The van der Waals surface area contributed by atoms with Crippen LogP contribution in [0.3, 0.4) is 0 Å². The number of amides is 2. The summed E-state index contributed by atoms with van der Waals surface area (Å²) in [5.74, 6) is -5.57. The molecule has 5 N–H and O–H groups in total. The van der Waals surface area contributed by atoms with Gasteiger partial charge >= 0.3 is 65.1 Å². The zero-order valence-electron chi connectivity index (χ0n) is 30.2. The number of carboxylic acid groups (broad SMARTS) is 3. The van der Waals surface area contributed by atoms with Crippen LogP contribution < -0.4 is 80.8 Å². The van der Waals surface area contributed by atoms with Gasteiger partial charge in [0, 0.05) is 25.2 Å². The summed E-state index contributed by atoms with van der Waals surface area (Å²) in [6.45, 7) is 4.96. The summed E-state index contributed by atoms with van der Waals surface area (Å²) in [5.41, 5.74) is 10.4. The SMILES string of the molecule is CCCCCCCCCCCC(=O)N(C(=O)CCCCCCCCCCC)[C@@H](CC(=O)[O-])C(=O)[O-].NCCCC[C@H](N)C(=O)O.[Na+].[Na+]. The zero-order chi connectivity index (χ0) is 34.3. The summed E-state index contributed by atoms with van der Waals surface area (Å²) < 4.78 is 0. The summed E-state index contributed by atoms with van der Waals surface area (Å²) >= 11 is 0. The molecule has 0 aliphatic carbocycles. The van der Waals surface area contributed by atoms with Gasteiger partial charge in [-0.25, -0.2) is 0 Å². The standard InChI is InChI=1S/C28H51NO6.C6H14N2O2.2Na/c1-3-5-7-9-11-13-15-17-19-21-25(30)29(24(28(34)35)23-27(32)33)26(31)22-20-18-16-14-12-10-8-6-4-2;7-4-2-1-3-5(8)6(9)10;;/h24H,3-23H2,1-2H3,(H,32,33)(H,34,35);5H,1-4,7-8H2,(H,9,10);;/q;;2*+1/p-2/t24-;5-;;/m00../s1. The molecule has 0 saturated heterocycles. The fourth-order valence-corrected chi connectivity index (χ4v) is 4.97. The number of unbranched alkanes of at least 4 members (excludes halogenated alkanes) is 17. The molecule has 0 radical (unpaired) electrons. The van der Waals surface area contributed by atoms with E-state index in [1.807, 2.05) is 0 Å². The smallest absolute Gasteiger partial charge is 0.550 e. The van der Waals surface area contributed by atoms with Gasteiger partial charge in [-0.05, 0) is 32.2 Å². The number of hydrogen-bond acceptors (Lipinski definition) is 9. The van der Waals surface area contributed by atoms with Crippen molar-refractivity contribution in [2.75, 3.05) is 6.54 Å². The van der Waals surface area contributed by atoms with Gasteiger partial charge in [0.2, 0.25) is 11.8 Å². The second kappa shape index (κ2) is 38.3. The molecule has 0 aliphatic heterocycles. The van der Waals surface area contributed by atoms with Crippen LogP contribution in [0.2, 0.25) is 0 Å². The molecule has 0 spiro atoms. The number of aliphatic carboxylic acids is 3. The van der Waals surface area contributed by atoms with Gasteiger partial charge in [-0.15, -0.1) is 0 Å². The summed E-state index contributed by atoms with van der Waals surface area (Å²) in [4.78, 5) is 59.0.